The van der Waals surface area contributed by atoms with Crippen molar-refractivity contribution in [1.29, 1.82) is 0 Å². The molecule has 0 radical (unpaired) electrons. The third kappa shape index (κ3) is 6.19. The van der Waals surface area contributed by atoms with Gasteiger partial charge in [-0.15, -0.1) is 24.0 Å². The molecule has 1 atom stereocenters. The lowest BCUT2D eigenvalue weighted by Gasteiger charge is -2.39. The third-order valence-electron chi connectivity index (χ3n) is 4.67. The summed E-state index contributed by atoms with van der Waals surface area (Å²) < 4.78 is 19.1. The SMILES string of the molecule is CC(C)(C)OC(=O)N1CCN2C(NCCNC(=O)c3ccccc3F)=NCC2C1.I. The van der Waals surface area contributed by atoms with E-state index < -0.39 is 17.3 Å². The van der Waals surface area contributed by atoms with Gasteiger partial charge in [-0.2, -0.15) is 0 Å². The Morgan fingerprint density at radius 1 is 1.23 bits per heavy atom. The van der Waals surface area contributed by atoms with Crippen LogP contribution in [0, 0.1) is 5.82 Å². The third-order valence-corrected chi connectivity index (χ3v) is 4.67. The molecule has 1 aromatic carbocycles. The number of nitrogens with zero attached hydrogens (tertiary/aromatic N) is 3. The van der Waals surface area contributed by atoms with Crippen LogP contribution in [0.1, 0.15) is 31.1 Å². The van der Waals surface area contributed by atoms with Crippen molar-refractivity contribution < 1.29 is 18.7 Å². The average Bonchev–Trinajstić information content (AvgIpc) is 3.06. The Hall–Kier alpha value is -2.11. The van der Waals surface area contributed by atoms with Crippen molar-refractivity contribution in [3.8, 4) is 0 Å². The molecular weight excluding hydrogens is 504 g/mol. The highest BCUT2D eigenvalue weighted by atomic mass is 127. The predicted molar refractivity (Wildman–Crippen MR) is 123 cm³/mol. The van der Waals surface area contributed by atoms with Gasteiger partial charge in [-0.3, -0.25) is 9.79 Å². The van der Waals surface area contributed by atoms with E-state index in [1.54, 1.807) is 17.0 Å². The highest BCUT2D eigenvalue weighted by molar-refractivity contribution is 14.0. The van der Waals surface area contributed by atoms with Gasteiger partial charge in [-0.05, 0) is 32.9 Å². The summed E-state index contributed by atoms with van der Waals surface area (Å²) in [6.07, 6.45) is -0.297. The number of guanidine groups is 1. The maximum atomic E-state index is 13.6. The van der Waals surface area contributed by atoms with E-state index in [0.717, 1.165) is 5.96 Å². The Labute approximate surface area is 193 Å². The monoisotopic (exact) mass is 533 g/mol. The number of nitrogens with one attached hydrogen (secondary N) is 2. The van der Waals surface area contributed by atoms with E-state index in [1.807, 2.05) is 20.8 Å². The summed E-state index contributed by atoms with van der Waals surface area (Å²) in [7, 11) is 0. The lowest BCUT2D eigenvalue weighted by Crippen LogP contribution is -2.57. The molecule has 166 valence electrons. The van der Waals surface area contributed by atoms with Gasteiger partial charge in [-0.25, -0.2) is 9.18 Å². The number of hydrogen-bond acceptors (Lipinski definition) is 6. The van der Waals surface area contributed by atoms with Gasteiger partial charge in [0.15, 0.2) is 5.96 Å². The number of rotatable bonds is 4. The first-order chi connectivity index (χ1) is 13.7. The molecule has 1 fully saturated rings. The molecule has 0 spiro atoms. The van der Waals surface area contributed by atoms with Gasteiger partial charge in [0.2, 0.25) is 0 Å². The summed E-state index contributed by atoms with van der Waals surface area (Å²) in [5.74, 6) is -0.218. The van der Waals surface area contributed by atoms with Crippen molar-refractivity contribution in [3.05, 3.63) is 35.6 Å². The summed E-state index contributed by atoms with van der Waals surface area (Å²) in [6, 6.07) is 6.00. The van der Waals surface area contributed by atoms with Gasteiger partial charge in [0.05, 0.1) is 18.2 Å². The van der Waals surface area contributed by atoms with E-state index in [4.69, 9.17) is 4.74 Å². The van der Waals surface area contributed by atoms with Gasteiger partial charge in [-0.1, -0.05) is 12.1 Å². The van der Waals surface area contributed by atoms with E-state index in [9.17, 15) is 14.0 Å². The number of ether oxygens (including phenoxy) is 1. The van der Waals surface area contributed by atoms with Gasteiger partial charge in [0.1, 0.15) is 11.4 Å². The number of amides is 2. The molecule has 10 heteroatoms. The molecule has 3 rings (SSSR count). The van der Waals surface area contributed by atoms with Crippen LogP contribution in [-0.2, 0) is 4.74 Å². The maximum Gasteiger partial charge on any atom is 0.410 e. The van der Waals surface area contributed by atoms with Gasteiger partial charge in [0.25, 0.3) is 5.91 Å². The fourth-order valence-corrected chi connectivity index (χ4v) is 3.31. The lowest BCUT2D eigenvalue weighted by molar-refractivity contribution is 0.0137. The van der Waals surface area contributed by atoms with Crippen LogP contribution in [0.2, 0.25) is 0 Å². The molecule has 1 aromatic rings. The largest absolute Gasteiger partial charge is 0.444 e. The van der Waals surface area contributed by atoms with Crippen molar-refractivity contribution in [1.82, 2.24) is 20.4 Å². The summed E-state index contributed by atoms with van der Waals surface area (Å²) in [6.45, 7) is 8.77. The smallest absolute Gasteiger partial charge is 0.410 e. The van der Waals surface area contributed by atoms with E-state index in [1.165, 1.54) is 12.1 Å². The highest BCUT2D eigenvalue weighted by Gasteiger charge is 2.36. The first-order valence-corrected chi connectivity index (χ1v) is 9.80. The Kier molecular flexibility index (Phi) is 8.27. The predicted octanol–water partition coefficient (Wildman–Crippen LogP) is 2.05. The summed E-state index contributed by atoms with van der Waals surface area (Å²) in [4.78, 5) is 32.7. The zero-order chi connectivity index (χ0) is 21.0. The fraction of sp³-hybridized carbons (Fsp3) is 0.550. The number of carbonyl (C=O) groups excluding carboxylic acids is 2. The number of hydrogen-bond donors (Lipinski definition) is 2. The van der Waals surface area contributed by atoms with Crippen LogP contribution in [0.5, 0.6) is 0 Å². The number of piperazine rings is 1. The molecule has 2 amide bonds. The van der Waals surface area contributed by atoms with Crippen LogP contribution < -0.4 is 10.6 Å². The van der Waals surface area contributed by atoms with Crippen LogP contribution >= 0.6 is 24.0 Å². The molecule has 2 aliphatic heterocycles. The summed E-state index contributed by atoms with van der Waals surface area (Å²) in [5.41, 5.74) is -0.482. The van der Waals surface area contributed by atoms with E-state index in [-0.39, 0.29) is 41.7 Å². The Morgan fingerprint density at radius 2 is 1.97 bits per heavy atom. The zero-order valence-corrected chi connectivity index (χ0v) is 19.8. The molecular formula is C20H29FIN5O3. The molecule has 1 saturated heterocycles. The number of benzene rings is 1. The highest BCUT2D eigenvalue weighted by Crippen LogP contribution is 2.18. The van der Waals surface area contributed by atoms with Gasteiger partial charge in [0, 0.05) is 32.7 Å². The number of aliphatic imine (C=N–C) groups is 1. The minimum atomic E-state index is -0.538. The first kappa shape index (κ1) is 24.2. The molecule has 2 aliphatic rings. The van der Waals surface area contributed by atoms with Crippen LogP contribution in [0.15, 0.2) is 29.3 Å². The topological polar surface area (TPSA) is 86.3 Å². The second-order valence-corrected chi connectivity index (χ2v) is 8.10. The van der Waals surface area contributed by atoms with E-state index in [0.29, 0.717) is 39.3 Å². The minimum Gasteiger partial charge on any atom is -0.444 e. The molecule has 2 N–H and O–H groups in total. The zero-order valence-electron chi connectivity index (χ0n) is 17.5. The number of carbonyl (C=O) groups is 2. The Bertz CT molecular complexity index is 799. The molecule has 0 aliphatic carbocycles. The van der Waals surface area contributed by atoms with E-state index >= 15 is 0 Å². The Balaban J connectivity index is 0.00000320. The molecule has 8 nitrogen and oxygen atoms in total. The number of halogens is 2. The first-order valence-electron chi connectivity index (χ1n) is 9.80. The van der Waals surface area contributed by atoms with Crippen molar-refractivity contribution in [2.45, 2.75) is 32.4 Å². The second-order valence-electron chi connectivity index (χ2n) is 8.10. The fourth-order valence-electron chi connectivity index (χ4n) is 3.31. The van der Waals surface area contributed by atoms with Crippen LogP contribution in [-0.4, -0.2) is 78.7 Å². The van der Waals surface area contributed by atoms with E-state index in [2.05, 4.69) is 20.5 Å². The summed E-state index contributed by atoms with van der Waals surface area (Å²) >= 11 is 0. The normalized spacial score (nSPS) is 18.1. The Morgan fingerprint density at radius 3 is 2.67 bits per heavy atom. The van der Waals surface area contributed by atoms with Crippen LogP contribution in [0.4, 0.5) is 9.18 Å². The molecule has 1 unspecified atom stereocenters. The standard InChI is InChI=1S/C20H28FN5O3.HI/c1-20(2,3)29-19(28)25-10-11-26-14(13-25)12-24-18(26)23-9-8-22-17(27)15-6-4-5-7-16(15)21;/h4-7,14H,8-13H2,1-3H3,(H,22,27)(H,23,24);1H. The molecule has 30 heavy (non-hydrogen) atoms. The van der Waals surface area contributed by atoms with Crippen LogP contribution in [0.25, 0.3) is 0 Å². The van der Waals surface area contributed by atoms with Crippen molar-refractivity contribution in [2.75, 3.05) is 39.3 Å². The second kappa shape index (κ2) is 10.3. The molecule has 0 saturated carbocycles. The maximum absolute atomic E-state index is 13.6. The van der Waals surface area contributed by atoms with Crippen molar-refractivity contribution in [2.24, 2.45) is 4.99 Å². The molecule has 2 heterocycles. The van der Waals surface area contributed by atoms with Crippen molar-refractivity contribution in [3.63, 3.8) is 0 Å². The van der Waals surface area contributed by atoms with Crippen LogP contribution in [0.3, 0.4) is 0 Å². The molecule has 0 bridgehead atoms. The van der Waals surface area contributed by atoms with Crippen molar-refractivity contribution >= 4 is 41.9 Å². The van der Waals surface area contributed by atoms with Gasteiger partial charge < -0.3 is 25.2 Å². The number of fused-ring (bicyclic) bond motifs is 1. The average molecular weight is 533 g/mol. The minimum absolute atomic E-state index is 0. The quantitative estimate of drug-likeness (QED) is 0.458. The lowest BCUT2D eigenvalue weighted by atomic mass is 10.2. The summed E-state index contributed by atoms with van der Waals surface area (Å²) in [5, 5.41) is 5.91. The molecule has 0 aromatic heterocycles. The van der Waals surface area contributed by atoms with Gasteiger partial charge >= 0.3 is 6.09 Å².